The zero-order chi connectivity index (χ0) is 16.9. The molecule has 1 unspecified atom stereocenters. The van der Waals surface area contributed by atoms with Gasteiger partial charge in [0.2, 0.25) is 5.91 Å². The van der Waals surface area contributed by atoms with Gasteiger partial charge in [-0.3, -0.25) is 9.69 Å². The van der Waals surface area contributed by atoms with E-state index in [1.54, 1.807) is 7.11 Å². The molecular weight excluding hydrogens is 415 g/mol. The van der Waals surface area contributed by atoms with E-state index in [1.165, 1.54) is 5.56 Å². The number of ether oxygens (including phenoxy) is 1. The number of para-hydroxylation sites is 1. The number of likely N-dealkylation sites (tertiary alicyclic amines) is 1. The van der Waals surface area contributed by atoms with Gasteiger partial charge in [-0.2, -0.15) is 0 Å². The Morgan fingerprint density at radius 3 is 2.92 bits per heavy atom. The number of benzene rings is 2. The lowest BCUT2D eigenvalue weighted by atomic mass is 10.0. The molecule has 1 aliphatic heterocycles. The zero-order valence-electron chi connectivity index (χ0n) is 13.7. The van der Waals surface area contributed by atoms with Gasteiger partial charge in [0.1, 0.15) is 5.75 Å². The third-order valence-electron chi connectivity index (χ3n) is 4.34. The molecule has 24 heavy (non-hydrogen) atoms. The highest BCUT2D eigenvalue weighted by Gasteiger charge is 2.27. The molecule has 1 atom stereocenters. The van der Waals surface area contributed by atoms with Crippen molar-refractivity contribution >= 4 is 34.2 Å². The maximum Gasteiger partial charge on any atom is 0.238 e. The number of carbonyl (C=O) groups is 1. The second kappa shape index (κ2) is 7.98. The number of halogens is 1. The van der Waals surface area contributed by atoms with Crippen LogP contribution in [0.5, 0.6) is 5.75 Å². The molecule has 0 spiro atoms. The largest absolute Gasteiger partial charge is 0.497 e. The molecule has 1 N–H and O–H groups in total. The van der Waals surface area contributed by atoms with E-state index in [1.807, 2.05) is 36.4 Å². The highest BCUT2D eigenvalue weighted by Crippen LogP contribution is 2.33. The summed E-state index contributed by atoms with van der Waals surface area (Å²) < 4.78 is 6.37. The van der Waals surface area contributed by atoms with Gasteiger partial charge in [-0.1, -0.05) is 24.3 Å². The maximum atomic E-state index is 12.4. The number of hydrogen-bond acceptors (Lipinski definition) is 3. The van der Waals surface area contributed by atoms with E-state index in [4.69, 9.17) is 4.74 Å². The van der Waals surface area contributed by atoms with Gasteiger partial charge in [-0.05, 0) is 71.8 Å². The number of methoxy groups -OCH3 is 1. The minimum atomic E-state index is 0.0360. The second-order valence-corrected chi connectivity index (χ2v) is 7.10. The highest BCUT2D eigenvalue weighted by molar-refractivity contribution is 14.1. The first kappa shape index (κ1) is 17.2. The molecule has 0 aliphatic carbocycles. The number of carbonyl (C=O) groups excluding carboxylic acids is 1. The van der Waals surface area contributed by atoms with Crippen molar-refractivity contribution in [2.75, 3.05) is 25.5 Å². The first-order valence-corrected chi connectivity index (χ1v) is 9.17. The number of rotatable bonds is 5. The average molecular weight is 436 g/mol. The number of nitrogens with zero attached hydrogens (tertiary/aromatic N) is 1. The summed E-state index contributed by atoms with van der Waals surface area (Å²) in [5.41, 5.74) is 2.09. The lowest BCUT2D eigenvalue weighted by Gasteiger charge is -2.24. The van der Waals surface area contributed by atoms with E-state index < -0.39 is 0 Å². The maximum absolute atomic E-state index is 12.4. The highest BCUT2D eigenvalue weighted by atomic mass is 127. The van der Waals surface area contributed by atoms with Crippen LogP contribution in [0.1, 0.15) is 24.4 Å². The molecule has 4 nitrogen and oxygen atoms in total. The summed E-state index contributed by atoms with van der Waals surface area (Å²) in [6, 6.07) is 16.3. The molecule has 2 aromatic carbocycles. The molecule has 0 saturated carbocycles. The Kier molecular flexibility index (Phi) is 5.73. The molecule has 1 heterocycles. The van der Waals surface area contributed by atoms with Crippen LogP contribution in [0.15, 0.2) is 48.5 Å². The minimum absolute atomic E-state index is 0.0360. The second-order valence-electron chi connectivity index (χ2n) is 5.93. The van der Waals surface area contributed by atoms with Crippen molar-refractivity contribution < 1.29 is 9.53 Å². The molecule has 0 bridgehead atoms. The third-order valence-corrected chi connectivity index (χ3v) is 5.28. The van der Waals surface area contributed by atoms with Crippen LogP contribution in [0.3, 0.4) is 0 Å². The lowest BCUT2D eigenvalue weighted by molar-refractivity contribution is -0.117. The number of amides is 1. The molecule has 1 saturated heterocycles. The van der Waals surface area contributed by atoms with Crippen molar-refractivity contribution in [1.29, 1.82) is 0 Å². The van der Waals surface area contributed by atoms with E-state index in [0.717, 1.165) is 34.4 Å². The van der Waals surface area contributed by atoms with Gasteiger partial charge in [0.25, 0.3) is 0 Å². The summed E-state index contributed by atoms with van der Waals surface area (Å²) in [5, 5.41) is 3.02. The Bertz CT molecular complexity index is 720. The molecule has 3 rings (SSSR count). The van der Waals surface area contributed by atoms with E-state index in [0.29, 0.717) is 6.54 Å². The van der Waals surface area contributed by atoms with Crippen molar-refractivity contribution in [2.45, 2.75) is 18.9 Å². The Labute approximate surface area is 156 Å². The first-order valence-electron chi connectivity index (χ1n) is 8.10. The van der Waals surface area contributed by atoms with Gasteiger partial charge in [0.15, 0.2) is 0 Å². The van der Waals surface area contributed by atoms with Crippen LogP contribution < -0.4 is 10.1 Å². The Morgan fingerprint density at radius 1 is 1.29 bits per heavy atom. The Balaban J connectivity index is 1.67. The summed E-state index contributed by atoms with van der Waals surface area (Å²) in [4.78, 5) is 14.7. The van der Waals surface area contributed by atoms with Gasteiger partial charge in [-0.15, -0.1) is 0 Å². The molecule has 5 heteroatoms. The zero-order valence-corrected chi connectivity index (χ0v) is 15.8. The van der Waals surface area contributed by atoms with Gasteiger partial charge in [0.05, 0.1) is 19.3 Å². The molecule has 1 aliphatic rings. The molecule has 2 aromatic rings. The molecule has 126 valence electrons. The van der Waals surface area contributed by atoms with E-state index in [2.05, 4.69) is 44.9 Å². The van der Waals surface area contributed by atoms with Crippen molar-refractivity contribution in [2.24, 2.45) is 0 Å². The van der Waals surface area contributed by atoms with Crippen LogP contribution >= 0.6 is 22.6 Å². The number of hydrogen-bond donors (Lipinski definition) is 1. The van der Waals surface area contributed by atoms with Crippen molar-refractivity contribution in [3.05, 3.63) is 57.7 Å². The SMILES string of the molecule is COc1cccc(C2CCCN2CC(=O)Nc2ccccc2I)c1. The third kappa shape index (κ3) is 4.08. The smallest absolute Gasteiger partial charge is 0.238 e. The standard InChI is InChI=1S/C19H21IN2O2/c1-24-15-7-4-6-14(12-15)18-10-5-11-22(18)13-19(23)21-17-9-3-2-8-16(17)20/h2-4,6-9,12,18H,5,10-11,13H2,1H3,(H,21,23). The molecule has 0 aromatic heterocycles. The van der Waals surface area contributed by atoms with Gasteiger partial charge in [0, 0.05) is 9.61 Å². The Morgan fingerprint density at radius 2 is 2.12 bits per heavy atom. The fraction of sp³-hybridized carbons (Fsp3) is 0.316. The molecular formula is C19H21IN2O2. The predicted molar refractivity (Wildman–Crippen MR) is 104 cm³/mol. The van der Waals surface area contributed by atoms with Crippen LogP contribution in [0.4, 0.5) is 5.69 Å². The van der Waals surface area contributed by atoms with Gasteiger partial charge in [-0.25, -0.2) is 0 Å². The number of anilines is 1. The van der Waals surface area contributed by atoms with Crippen molar-refractivity contribution in [3.63, 3.8) is 0 Å². The van der Waals surface area contributed by atoms with E-state index >= 15 is 0 Å². The fourth-order valence-corrected chi connectivity index (χ4v) is 3.70. The van der Waals surface area contributed by atoms with Gasteiger partial charge < -0.3 is 10.1 Å². The summed E-state index contributed by atoms with van der Waals surface area (Å²) in [6.45, 7) is 1.36. The fourth-order valence-electron chi connectivity index (χ4n) is 3.18. The van der Waals surface area contributed by atoms with Crippen LogP contribution in [0.2, 0.25) is 0 Å². The summed E-state index contributed by atoms with van der Waals surface area (Å²) >= 11 is 2.24. The summed E-state index contributed by atoms with van der Waals surface area (Å²) in [7, 11) is 1.68. The first-order chi connectivity index (χ1) is 11.7. The van der Waals surface area contributed by atoms with Crippen LogP contribution in [0.25, 0.3) is 0 Å². The quantitative estimate of drug-likeness (QED) is 0.719. The van der Waals surface area contributed by atoms with Crippen LogP contribution in [-0.2, 0) is 4.79 Å². The van der Waals surface area contributed by atoms with Gasteiger partial charge >= 0.3 is 0 Å². The normalized spacial score (nSPS) is 17.7. The Hall–Kier alpha value is -1.60. The van der Waals surface area contributed by atoms with Crippen LogP contribution in [0, 0.1) is 3.57 Å². The summed E-state index contributed by atoms with van der Waals surface area (Å²) in [5.74, 6) is 0.900. The van der Waals surface area contributed by atoms with Crippen molar-refractivity contribution in [1.82, 2.24) is 4.90 Å². The van der Waals surface area contributed by atoms with E-state index in [9.17, 15) is 4.79 Å². The molecule has 1 fully saturated rings. The minimum Gasteiger partial charge on any atom is -0.497 e. The number of nitrogens with one attached hydrogen (secondary N) is 1. The van der Waals surface area contributed by atoms with Crippen molar-refractivity contribution in [3.8, 4) is 5.75 Å². The summed E-state index contributed by atoms with van der Waals surface area (Å²) in [6.07, 6.45) is 2.18. The monoisotopic (exact) mass is 436 g/mol. The predicted octanol–water partition coefficient (Wildman–Crippen LogP) is 4.08. The van der Waals surface area contributed by atoms with Crippen LogP contribution in [-0.4, -0.2) is 31.0 Å². The molecule has 1 amide bonds. The van der Waals surface area contributed by atoms with E-state index in [-0.39, 0.29) is 11.9 Å². The molecule has 0 radical (unpaired) electrons. The average Bonchev–Trinajstić information content (AvgIpc) is 3.05. The lowest BCUT2D eigenvalue weighted by Crippen LogP contribution is -2.33. The topological polar surface area (TPSA) is 41.6 Å².